The third-order valence-electron chi connectivity index (χ3n) is 4.18. The molecule has 0 bridgehead atoms. The number of rotatable bonds is 5. The van der Waals surface area contributed by atoms with E-state index in [0.29, 0.717) is 0 Å². The maximum Gasteiger partial charge on any atom is 0.166 e. The average molecular weight is 337 g/mol. The molecule has 0 aromatic heterocycles. The highest BCUT2D eigenvalue weighted by molar-refractivity contribution is 7.97. The number of halogens is 1. The summed E-state index contributed by atoms with van der Waals surface area (Å²) in [5.41, 5.74) is 2.67. The van der Waals surface area contributed by atoms with Gasteiger partial charge in [-0.25, -0.2) is 4.39 Å². The molecule has 0 heterocycles. The molecule has 2 heteroatoms. The van der Waals surface area contributed by atoms with Crippen LogP contribution in [0.4, 0.5) is 4.39 Å². The molecular weight excluding hydrogens is 315 g/mol. The Morgan fingerprint density at radius 3 is 1.25 bits per heavy atom. The van der Waals surface area contributed by atoms with Crippen LogP contribution in [0.3, 0.4) is 0 Å². The lowest BCUT2D eigenvalue weighted by Gasteiger charge is -2.09. The van der Waals surface area contributed by atoms with Crippen LogP contribution in [0.25, 0.3) is 0 Å². The van der Waals surface area contributed by atoms with Crippen molar-refractivity contribution in [3.05, 3.63) is 89.7 Å². The molecule has 0 fully saturated rings. The second-order valence-corrected chi connectivity index (χ2v) is 7.78. The van der Waals surface area contributed by atoms with E-state index in [-0.39, 0.29) is 16.7 Å². The van der Waals surface area contributed by atoms with Crippen molar-refractivity contribution in [2.45, 2.75) is 41.4 Å². The molecule has 0 aliphatic carbocycles. The van der Waals surface area contributed by atoms with E-state index in [0.717, 1.165) is 17.7 Å². The molecule has 0 unspecified atom stereocenters. The Hall–Kier alpha value is -2.06. The molecule has 0 saturated heterocycles. The van der Waals surface area contributed by atoms with Gasteiger partial charge in [-0.3, -0.25) is 0 Å². The number of hydrogen-bond acceptors (Lipinski definition) is 0. The van der Waals surface area contributed by atoms with Crippen LogP contribution in [0, 0.1) is 5.82 Å². The van der Waals surface area contributed by atoms with E-state index in [2.05, 4.69) is 62.4 Å². The highest BCUT2D eigenvalue weighted by Crippen LogP contribution is 2.31. The monoisotopic (exact) mass is 337 g/mol. The van der Waals surface area contributed by atoms with E-state index < -0.39 is 0 Å². The van der Waals surface area contributed by atoms with Crippen LogP contribution in [0.1, 0.15) is 25.0 Å². The molecule has 122 valence electrons. The van der Waals surface area contributed by atoms with Gasteiger partial charge in [0.2, 0.25) is 0 Å². The molecule has 0 N–H and O–H groups in total. The minimum absolute atomic E-state index is 0.190. The lowest BCUT2D eigenvalue weighted by Crippen LogP contribution is -2.05. The quantitative estimate of drug-likeness (QED) is 0.497. The van der Waals surface area contributed by atoms with E-state index in [1.54, 1.807) is 12.1 Å². The Balaban J connectivity index is 2.06. The van der Waals surface area contributed by atoms with Gasteiger partial charge in [-0.1, -0.05) is 38.1 Å². The molecule has 3 aromatic rings. The zero-order valence-electron chi connectivity index (χ0n) is 14.1. The third kappa shape index (κ3) is 3.70. The molecule has 24 heavy (non-hydrogen) atoms. The minimum Gasteiger partial charge on any atom is -0.207 e. The van der Waals surface area contributed by atoms with Crippen molar-refractivity contribution >= 4 is 10.9 Å². The van der Waals surface area contributed by atoms with Crippen molar-refractivity contribution in [2.75, 3.05) is 0 Å². The molecule has 0 aliphatic rings. The second-order valence-electron chi connectivity index (χ2n) is 5.76. The predicted octanol–water partition coefficient (Wildman–Crippen LogP) is 6.05. The second kappa shape index (κ2) is 7.67. The Bertz CT molecular complexity index is 726. The van der Waals surface area contributed by atoms with E-state index in [1.807, 2.05) is 12.1 Å². The molecule has 0 amide bonds. The van der Waals surface area contributed by atoms with Crippen LogP contribution in [-0.2, 0) is 23.7 Å². The maximum atomic E-state index is 13.4. The van der Waals surface area contributed by atoms with Crippen LogP contribution < -0.4 is 0 Å². The first-order valence-corrected chi connectivity index (χ1v) is 9.61. The summed E-state index contributed by atoms with van der Waals surface area (Å²) >= 11 is 0. The minimum atomic E-state index is -0.210. The normalized spacial score (nSPS) is 11.0. The molecule has 3 rings (SSSR count). The van der Waals surface area contributed by atoms with Crippen molar-refractivity contribution < 1.29 is 4.39 Å². The number of hydrogen-bond donors (Lipinski definition) is 0. The smallest absolute Gasteiger partial charge is 0.166 e. The van der Waals surface area contributed by atoms with Gasteiger partial charge in [-0.15, -0.1) is 0 Å². The number of benzene rings is 3. The first-order valence-electron chi connectivity index (χ1n) is 8.39. The zero-order chi connectivity index (χ0) is 16.9. The summed E-state index contributed by atoms with van der Waals surface area (Å²) in [6.07, 6.45) is 2.08. The summed E-state index contributed by atoms with van der Waals surface area (Å²) < 4.78 is 13.4. The summed E-state index contributed by atoms with van der Waals surface area (Å²) in [5.74, 6) is -0.190. The Kier molecular flexibility index (Phi) is 5.37. The Morgan fingerprint density at radius 1 is 0.583 bits per heavy atom. The van der Waals surface area contributed by atoms with E-state index in [9.17, 15) is 4.39 Å². The summed E-state index contributed by atoms with van der Waals surface area (Å²) in [7, 11) is -0.210. The van der Waals surface area contributed by atoms with Crippen LogP contribution >= 0.6 is 0 Å². The van der Waals surface area contributed by atoms with E-state index in [4.69, 9.17) is 0 Å². The standard InChI is InChI=1S/C22H22FS/c1-3-17-5-11-20(12-6-17)24(22-15-9-19(23)10-16-22)21-13-7-18(4-2)8-14-21/h5-16H,3-4H2,1-2H3/q+1. The Labute approximate surface area is 146 Å². The fourth-order valence-electron chi connectivity index (χ4n) is 2.70. The molecule has 0 atom stereocenters. The summed E-state index contributed by atoms with van der Waals surface area (Å²) in [6.45, 7) is 4.33. The topological polar surface area (TPSA) is 0 Å². The first-order chi connectivity index (χ1) is 11.7. The van der Waals surface area contributed by atoms with Crippen LogP contribution in [0.5, 0.6) is 0 Å². The van der Waals surface area contributed by atoms with Gasteiger partial charge in [0.1, 0.15) is 5.82 Å². The fourth-order valence-corrected chi connectivity index (χ4v) is 4.74. The average Bonchev–Trinajstić information content (AvgIpc) is 2.64. The molecule has 3 aromatic carbocycles. The third-order valence-corrected chi connectivity index (χ3v) is 6.41. The van der Waals surface area contributed by atoms with Gasteiger partial charge < -0.3 is 0 Å². The molecule has 0 nitrogen and oxygen atoms in total. The van der Waals surface area contributed by atoms with Crippen molar-refractivity contribution in [3.63, 3.8) is 0 Å². The molecule has 0 spiro atoms. The predicted molar refractivity (Wildman–Crippen MR) is 100 cm³/mol. The lowest BCUT2D eigenvalue weighted by atomic mass is 10.2. The highest BCUT2D eigenvalue weighted by Gasteiger charge is 2.28. The van der Waals surface area contributed by atoms with Crippen LogP contribution in [0.2, 0.25) is 0 Å². The van der Waals surface area contributed by atoms with Crippen molar-refractivity contribution in [1.29, 1.82) is 0 Å². The lowest BCUT2D eigenvalue weighted by molar-refractivity contribution is 0.626. The van der Waals surface area contributed by atoms with Gasteiger partial charge in [-0.05, 0) is 72.5 Å². The summed E-state index contributed by atoms with van der Waals surface area (Å²) in [4.78, 5) is 3.68. The van der Waals surface area contributed by atoms with Gasteiger partial charge >= 0.3 is 0 Å². The summed E-state index contributed by atoms with van der Waals surface area (Å²) in [5, 5.41) is 0. The van der Waals surface area contributed by atoms with Gasteiger partial charge in [-0.2, -0.15) is 0 Å². The van der Waals surface area contributed by atoms with Gasteiger partial charge in [0.05, 0.1) is 10.9 Å². The number of aryl methyl sites for hydroxylation is 2. The molecule has 0 aliphatic heterocycles. The van der Waals surface area contributed by atoms with Crippen molar-refractivity contribution in [3.8, 4) is 0 Å². The SMILES string of the molecule is CCc1ccc([S+](c2ccc(F)cc2)c2ccc(CC)cc2)cc1. The molecule has 0 saturated carbocycles. The Morgan fingerprint density at radius 2 is 0.917 bits per heavy atom. The first kappa shape index (κ1) is 16.8. The molecule has 0 radical (unpaired) electrons. The molecular formula is C22H22FS+. The largest absolute Gasteiger partial charge is 0.207 e. The van der Waals surface area contributed by atoms with Gasteiger partial charge in [0, 0.05) is 0 Å². The van der Waals surface area contributed by atoms with Gasteiger partial charge in [0.25, 0.3) is 0 Å². The summed E-state index contributed by atoms with van der Waals surface area (Å²) in [6, 6.07) is 24.5. The van der Waals surface area contributed by atoms with Crippen molar-refractivity contribution in [1.82, 2.24) is 0 Å². The van der Waals surface area contributed by atoms with Crippen molar-refractivity contribution in [2.24, 2.45) is 0 Å². The van der Waals surface area contributed by atoms with Crippen LogP contribution in [-0.4, -0.2) is 0 Å². The van der Waals surface area contributed by atoms with E-state index in [1.165, 1.54) is 20.9 Å². The van der Waals surface area contributed by atoms with E-state index >= 15 is 0 Å². The van der Waals surface area contributed by atoms with Gasteiger partial charge in [0.15, 0.2) is 14.7 Å². The fraction of sp³-hybridized carbons (Fsp3) is 0.182. The van der Waals surface area contributed by atoms with Crippen LogP contribution in [0.15, 0.2) is 87.5 Å². The maximum absolute atomic E-state index is 13.4. The highest BCUT2D eigenvalue weighted by atomic mass is 32.2. The zero-order valence-corrected chi connectivity index (χ0v) is 14.9.